The maximum Gasteiger partial charge on any atom is 0.150 e. The second kappa shape index (κ2) is 3.74. The van der Waals surface area contributed by atoms with Gasteiger partial charge in [-0.25, -0.2) is 8.42 Å². The van der Waals surface area contributed by atoms with Crippen LogP contribution in [0.2, 0.25) is 0 Å². The van der Waals surface area contributed by atoms with E-state index in [1.54, 1.807) is 0 Å². The molecule has 1 saturated heterocycles. The van der Waals surface area contributed by atoms with E-state index in [0.29, 0.717) is 23.0 Å². The fourth-order valence-electron chi connectivity index (χ4n) is 2.66. The van der Waals surface area contributed by atoms with Crippen molar-refractivity contribution in [3.8, 4) is 0 Å². The minimum Gasteiger partial charge on any atom is -0.314 e. The van der Waals surface area contributed by atoms with E-state index < -0.39 is 9.84 Å². The number of nitrogens with one attached hydrogen (secondary N) is 1. The van der Waals surface area contributed by atoms with Crippen LogP contribution >= 0.6 is 0 Å². The van der Waals surface area contributed by atoms with Gasteiger partial charge in [-0.1, -0.05) is 13.8 Å². The summed E-state index contributed by atoms with van der Waals surface area (Å²) in [5.41, 5.74) is 0.396. The molecule has 0 amide bonds. The molecule has 1 spiro atoms. The third-order valence-electron chi connectivity index (χ3n) is 3.95. The molecule has 1 heterocycles. The molecule has 88 valence electrons. The fourth-order valence-corrected chi connectivity index (χ4v) is 4.29. The highest BCUT2D eigenvalue weighted by atomic mass is 32.2. The SMILES string of the molecule is CC(C)NCC1CC12CCS(=O)(=O)CC2. The van der Waals surface area contributed by atoms with Crippen molar-refractivity contribution < 1.29 is 8.42 Å². The highest BCUT2D eigenvalue weighted by Crippen LogP contribution is 2.59. The Morgan fingerprint density at radius 3 is 2.47 bits per heavy atom. The van der Waals surface area contributed by atoms with E-state index in [1.807, 2.05) is 0 Å². The molecular weight excluding hydrogens is 210 g/mol. The summed E-state index contributed by atoms with van der Waals surface area (Å²) < 4.78 is 22.6. The lowest BCUT2D eigenvalue weighted by molar-refractivity contribution is 0.388. The van der Waals surface area contributed by atoms with Crippen LogP contribution < -0.4 is 5.32 Å². The van der Waals surface area contributed by atoms with Gasteiger partial charge in [-0.3, -0.25) is 0 Å². The molecule has 0 aromatic heterocycles. The largest absolute Gasteiger partial charge is 0.314 e. The van der Waals surface area contributed by atoms with Crippen molar-refractivity contribution in [3.05, 3.63) is 0 Å². The van der Waals surface area contributed by atoms with E-state index in [9.17, 15) is 8.42 Å². The summed E-state index contributed by atoms with van der Waals surface area (Å²) in [6.45, 7) is 5.37. The van der Waals surface area contributed by atoms with E-state index in [2.05, 4.69) is 19.2 Å². The Morgan fingerprint density at radius 2 is 1.93 bits per heavy atom. The second-order valence-electron chi connectivity index (χ2n) is 5.48. The lowest BCUT2D eigenvalue weighted by Crippen LogP contribution is -2.30. The van der Waals surface area contributed by atoms with Crippen molar-refractivity contribution in [2.45, 2.75) is 39.2 Å². The van der Waals surface area contributed by atoms with Gasteiger partial charge in [0.15, 0.2) is 0 Å². The molecule has 0 aromatic rings. The minimum atomic E-state index is -2.69. The quantitative estimate of drug-likeness (QED) is 0.794. The average molecular weight is 231 g/mol. The molecule has 4 heteroatoms. The van der Waals surface area contributed by atoms with Crippen LogP contribution in [0.25, 0.3) is 0 Å². The Labute approximate surface area is 92.6 Å². The Morgan fingerprint density at radius 1 is 1.33 bits per heavy atom. The lowest BCUT2D eigenvalue weighted by atomic mass is 9.96. The lowest BCUT2D eigenvalue weighted by Gasteiger charge is -2.23. The topological polar surface area (TPSA) is 46.2 Å². The van der Waals surface area contributed by atoms with Gasteiger partial charge in [0.1, 0.15) is 9.84 Å². The number of sulfone groups is 1. The average Bonchev–Trinajstić information content (AvgIpc) is 2.82. The van der Waals surface area contributed by atoms with Gasteiger partial charge in [0.25, 0.3) is 0 Å². The second-order valence-corrected chi connectivity index (χ2v) is 7.78. The first-order valence-electron chi connectivity index (χ1n) is 5.87. The Bertz CT molecular complexity index is 320. The Hall–Kier alpha value is -0.0900. The van der Waals surface area contributed by atoms with Gasteiger partial charge < -0.3 is 5.32 Å². The molecule has 2 aliphatic rings. The summed E-state index contributed by atoms with van der Waals surface area (Å²) in [5.74, 6) is 1.58. The number of rotatable bonds is 3. The summed E-state index contributed by atoms with van der Waals surface area (Å²) >= 11 is 0. The van der Waals surface area contributed by atoms with E-state index in [1.165, 1.54) is 6.42 Å². The van der Waals surface area contributed by atoms with Crippen molar-refractivity contribution >= 4 is 9.84 Å². The molecule has 3 nitrogen and oxygen atoms in total. The summed E-state index contributed by atoms with van der Waals surface area (Å²) in [5, 5.41) is 3.45. The van der Waals surface area contributed by atoms with Crippen LogP contribution in [0.1, 0.15) is 33.1 Å². The predicted octanol–water partition coefficient (Wildman–Crippen LogP) is 1.20. The van der Waals surface area contributed by atoms with Crippen molar-refractivity contribution in [2.24, 2.45) is 11.3 Å². The van der Waals surface area contributed by atoms with Crippen LogP contribution in [0.15, 0.2) is 0 Å². The first-order chi connectivity index (χ1) is 6.94. The van der Waals surface area contributed by atoms with Crippen LogP contribution in [-0.2, 0) is 9.84 Å². The van der Waals surface area contributed by atoms with Crippen LogP contribution in [0, 0.1) is 11.3 Å². The zero-order valence-electron chi connectivity index (χ0n) is 9.62. The van der Waals surface area contributed by atoms with E-state index >= 15 is 0 Å². The molecule has 1 atom stereocenters. The molecule has 0 aromatic carbocycles. The smallest absolute Gasteiger partial charge is 0.150 e. The highest BCUT2D eigenvalue weighted by molar-refractivity contribution is 7.91. The molecule has 15 heavy (non-hydrogen) atoms. The molecule has 2 rings (SSSR count). The number of hydrogen-bond donors (Lipinski definition) is 1. The maximum absolute atomic E-state index is 11.3. The molecule has 1 saturated carbocycles. The third-order valence-corrected chi connectivity index (χ3v) is 5.61. The van der Waals surface area contributed by atoms with Gasteiger partial charge >= 0.3 is 0 Å². The fraction of sp³-hybridized carbons (Fsp3) is 1.00. The van der Waals surface area contributed by atoms with Gasteiger partial charge in [0, 0.05) is 6.04 Å². The molecule has 0 radical (unpaired) electrons. The summed E-state index contributed by atoms with van der Waals surface area (Å²) in [6, 6.07) is 0.537. The van der Waals surface area contributed by atoms with Gasteiger partial charge in [0.2, 0.25) is 0 Å². The predicted molar refractivity (Wildman–Crippen MR) is 61.6 cm³/mol. The molecule has 2 fully saturated rings. The van der Waals surface area contributed by atoms with Crippen LogP contribution in [0.3, 0.4) is 0 Å². The molecular formula is C11H21NO2S. The third kappa shape index (κ3) is 2.53. The summed E-state index contributed by atoms with van der Waals surface area (Å²) in [4.78, 5) is 0. The number of hydrogen-bond acceptors (Lipinski definition) is 3. The van der Waals surface area contributed by atoms with E-state index in [-0.39, 0.29) is 0 Å². The van der Waals surface area contributed by atoms with Crippen LogP contribution in [-0.4, -0.2) is 32.5 Å². The zero-order valence-corrected chi connectivity index (χ0v) is 10.4. The van der Waals surface area contributed by atoms with Gasteiger partial charge in [-0.2, -0.15) is 0 Å². The first-order valence-corrected chi connectivity index (χ1v) is 7.69. The van der Waals surface area contributed by atoms with Crippen molar-refractivity contribution in [1.29, 1.82) is 0 Å². The normalized spacial score (nSPS) is 32.1. The standard InChI is InChI=1S/C11H21NO2S/c1-9(2)12-8-10-7-11(10)3-5-15(13,14)6-4-11/h9-10,12H,3-8H2,1-2H3. The first kappa shape index (κ1) is 11.4. The summed E-state index contributed by atoms with van der Waals surface area (Å²) in [7, 11) is -2.69. The molecule has 1 N–H and O–H groups in total. The maximum atomic E-state index is 11.3. The summed E-state index contributed by atoms with van der Waals surface area (Å²) in [6.07, 6.45) is 3.04. The van der Waals surface area contributed by atoms with E-state index in [4.69, 9.17) is 0 Å². The van der Waals surface area contributed by atoms with Crippen LogP contribution in [0.5, 0.6) is 0 Å². The van der Waals surface area contributed by atoms with Crippen molar-refractivity contribution in [3.63, 3.8) is 0 Å². The zero-order chi connectivity index (χ0) is 11.1. The van der Waals surface area contributed by atoms with Crippen LogP contribution in [0.4, 0.5) is 0 Å². The molecule has 1 unspecified atom stereocenters. The van der Waals surface area contributed by atoms with Gasteiger partial charge in [-0.15, -0.1) is 0 Å². The highest BCUT2D eigenvalue weighted by Gasteiger charge is 2.55. The van der Waals surface area contributed by atoms with Crippen molar-refractivity contribution in [1.82, 2.24) is 5.32 Å². The molecule has 1 aliphatic carbocycles. The molecule has 0 bridgehead atoms. The van der Waals surface area contributed by atoms with Gasteiger partial charge in [0.05, 0.1) is 11.5 Å². The van der Waals surface area contributed by atoms with Crippen molar-refractivity contribution in [2.75, 3.05) is 18.1 Å². The Balaban J connectivity index is 1.82. The molecule has 1 aliphatic heterocycles. The van der Waals surface area contributed by atoms with E-state index in [0.717, 1.165) is 25.3 Å². The monoisotopic (exact) mass is 231 g/mol. The minimum absolute atomic E-state index is 0.396. The Kier molecular flexibility index (Phi) is 2.84. The van der Waals surface area contributed by atoms with Gasteiger partial charge in [-0.05, 0) is 37.1 Å².